The topological polar surface area (TPSA) is 88.2 Å². The van der Waals surface area contributed by atoms with Crippen LogP contribution in [0.4, 0.5) is 15.3 Å². The Morgan fingerprint density at radius 2 is 1.97 bits per heavy atom. The van der Waals surface area contributed by atoms with Gasteiger partial charge in [-0.25, -0.2) is 9.59 Å². The zero-order valence-corrected chi connectivity index (χ0v) is 19.0. The first-order valence-electron chi connectivity index (χ1n) is 9.82. The third kappa shape index (κ3) is 5.75. The lowest BCUT2D eigenvalue weighted by Crippen LogP contribution is -2.49. The predicted octanol–water partition coefficient (Wildman–Crippen LogP) is 3.84. The van der Waals surface area contributed by atoms with Crippen molar-refractivity contribution in [1.82, 2.24) is 10.2 Å². The smallest absolute Gasteiger partial charge is 0.410 e. The highest BCUT2D eigenvalue weighted by molar-refractivity contribution is 9.10. The van der Waals surface area contributed by atoms with E-state index in [9.17, 15) is 14.4 Å². The minimum absolute atomic E-state index is 0.263. The summed E-state index contributed by atoms with van der Waals surface area (Å²) in [5.41, 5.74) is 1.24. The lowest BCUT2D eigenvalue weighted by atomic mass is 10.1. The first-order valence-corrected chi connectivity index (χ1v) is 10.6. The number of hydrogen-bond acceptors (Lipinski definition) is 5. The normalized spacial score (nSPS) is 17.4. The van der Waals surface area contributed by atoms with Crippen LogP contribution in [0.15, 0.2) is 34.3 Å². The van der Waals surface area contributed by atoms with E-state index < -0.39 is 11.6 Å². The van der Waals surface area contributed by atoms with Crippen LogP contribution < -0.4 is 15.0 Å². The van der Waals surface area contributed by atoms with Gasteiger partial charge in [-0.2, -0.15) is 0 Å². The number of benzene rings is 1. The highest BCUT2D eigenvalue weighted by atomic mass is 79.9. The van der Waals surface area contributed by atoms with Gasteiger partial charge in [0.05, 0.1) is 4.47 Å². The van der Waals surface area contributed by atoms with Crippen molar-refractivity contribution in [2.75, 3.05) is 31.1 Å². The number of nitrogens with one attached hydrogen (secondary N) is 1. The van der Waals surface area contributed by atoms with Crippen molar-refractivity contribution in [3.63, 3.8) is 0 Å². The average Bonchev–Trinajstić information content (AvgIpc) is 2.67. The largest absolute Gasteiger partial charge is 0.488 e. The summed E-state index contributed by atoms with van der Waals surface area (Å²) in [4.78, 5) is 38.8. The maximum atomic E-state index is 12.2. The molecular formula is C21H26BrN3O5. The molecule has 2 aliphatic heterocycles. The fourth-order valence-corrected chi connectivity index (χ4v) is 3.45. The monoisotopic (exact) mass is 479 g/mol. The minimum Gasteiger partial charge on any atom is -0.488 e. The molecule has 8 nitrogen and oxygen atoms in total. The summed E-state index contributed by atoms with van der Waals surface area (Å²) in [5.74, 6) is 0.335. The first kappa shape index (κ1) is 22.1. The summed E-state index contributed by atoms with van der Waals surface area (Å²) in [6.07, 6.45) is 2.63. The van der Waals surface area contributed by atoms with Gasteiger partial charge in [-0.1, -0.05) is 6.08 Å². The molecule has 0 radical (unpaired) electrons. The number of carbonyl (C=O) groups excluding carboxylic acids is 3. The molecule has 2 aliphatic rings. The number of imide groups is 1. The summed E-state index contributed by atoms with van der Waals surface area (Å²) >= 11 is 3.47. The van der Waals surface area contributed by atoms with Crippen LogP contribution in [-0.4, -0.2) is 54.8 Å². The molecule has 4 amide bonds. The van der Waals surface area contributed by atoms with E-state index in [-0.39, 0.29) is 18.4 Å². The van der Waals surface area contributed by atoms with Gasteiger partial charge < -0.3 is 14.4 Å². The SMILES string of the molecule is CC(C)(C)OC(=O)N1CC=C(COc2cc(N3CCC(=O)NC3=O)ccc2Br)CC1. The van der Waals surface area contributed by atoms with Gasteiger partial charge in [0, 0.05) is 37.8 Å². The molecule has 3 rings (SSSR count). The molecule has 1 fully saturated rings. The van der Waals surface area contributed by atoms with E-state index in [0.717, 1.165) is 10.0 Å². The van der Waals surface area contributed by atoms with Gasteiger partial charge >= 0.3 is 12.1 Å². The molecule has 0 atom stereocenters. The fraction of sp³-hybridized carbons (Fsp3) is 0.476. The molecule has 1 N–H and O–H groups in total. The predicted molar refractivity (Wildman–Crippen MR) is 116 cm³/mol. The number of hydrogen-bond donors (Lipinski definition) is 1. The number of urea groups is 1. The Bertz CT molecular complexity index is 878. The van der Waals surface area contributed by atoms with Crippen LogP contribution in [0.3, 0.4) is 0 Å². The summed E-state index contributed by atoms with van der Waals surface area (Å²) < 4.78 is 12.1. The molecule has 0 bridgehead atoms. The third-order valence-electron chi connectivity index (χ3n) is 4.65. The Labute approximate surface area is 184 Å². The standard InChI is InChI=1S/C21H26BrN3O5/c1-21(2,3)30-20(28)24-9-6-14(7-10-24)13-29-17-12-15(4-5-16(17)22)25-11-8-18(26)23-19(25)27/h4-6,12H,7-11,13H2,1-3H3,(H,23,26,27). The summed E-state index contributed by atoms with van der Waals surface area (Å²) in [5, 5.41) is 2.32. The van der Waals surface area contributed by atoms with E-state index in [1.165, 1.54) is 4.90 Å². The Kier molecular flexibility index (Phi) is 6.70. The molecule has 0 spiro atoms. The third-order valence-corrected chi connectivity index (χ3v) is 5.30. The van der Waals surface area contributed by atoms with Gasteiger partial charge in [0.25, 0.3) is 0 Å². The van der Waals surface area contributed by atoms with Crippen LogP contribution in [-0.2, 0) is 9.53 Å². The Morgan fingerprint density at radius 1 is 1.20 bits per heavy atom. The molecule has 0 unspecified atom stereocenters. The molecule has 1 aromatic rings. The van der Waals surface area contributed by atoms with Crippen molar-refractivity contribution in [3.8, 4) is 5.75 Å². The van der Waals surface area contributed by atoms with E-state index in [0.29, 0.717) is 44.1 Å². The maximum Gasteiger partial charge on any atom is 0.410 e. The molecular weight excluding hydrogens is 454 g/mol. The van der Waals surface area contributed by atoms with Crippen molar-refractivity contribution < 1.29 is 23.9 Å². The number of carbonyl (C=O) groups is 3. The van der Waals surface area contributed by atoms with E-state index in [4.69, 9.17) is 9.47 Å². The van der Waals surface area contributed by atoms with E-state index in [1.807, 2.05) is 32.9 Å². The number of rotatable bonds is 4. The van der Waals surface area contributed by atoms with Crippen LogP contribution in [0, 0.1) is 0 Å². The van der Waals surface area contributed by atoms with E-state index in [1.54, 1.807) is 17.0 Å². The fourth-order valence-electron chi connectivity index (χ4n) is 3.09. The lowest BCUT2D eigenvalue weighted by Gasteiger charge is -2.29. The van der Waals surface area contributed by atoms with Gasteiger partial charge in [-0.15, -0.1) is 0 Å². The molecule has 1 aromatic carbocycles. The van der Waals surface area contributed by atoms with Crippen molar-refractivity contribution >= 4 is 39.6 Å². The van der Waals surface area contributed by atoms with E-state index >= 15 is 0 Å². The van der Waals surface area contributed by atoms with Crippen molar-refractivity contribution in [3.05, 3.63) is 34.3 Å². The van der Waals surface area contributed by atoms with Crippen LogP contribution in [0.5, 0.6) is 5.75 Å². The van der Waals surface area contributed by atoms with Crippen LogP contribution >= 0.6 is 15.9 Å². The maximum absolute atomic E-state index is 12.2. The molecule has 0 aliphatic carbocycles. The second-order valence-electron chi connectivity index (χ2n) is 8.20. The van der Waals surface area contributed by atoms with Gasteiger partial charge in [0.2, 0.25) is 5.91 Å². The Morgan fingerprint density at radius 3 is 2.60 bits per heavy atom. The van der Waals surface area contributed by atoms with Crippen LogP contribution in [0.1, 0.15) is 33.6 Å². The Balaban J connectivity index is 1.59. The Hall–Kier alpha value is -2.55. The number of amides is 4. The zero-order valence-electron chi connectivity index (χ0n) is 17.4. The van der Waals surface area contributed by atoms with E-state index in [2.05, 4.69) is 21.2 Å². The molecule has 30 heavy (non-hydrogen) atoms. The second-order valence-corrected chi connectivity index (χ2v) is 9.05. The van der Waals surface area contributed by atoms with Gasteiger partial charge in [0.15, 0.2) is 0 Å². The average molecular weight is 480 g/mol. The summed E-state index contributed by atoms with van der Waals surface area (Å²) in [7, 11) is 0. The first-order chi connectivity index (χ1) is 14.1. The van der Waals surface area contributed by atoms with Crippen molar-refractivity contribution in [2.24, 2.45) is 0 Å². The van der Waals surface area contributed by atoms with Crippen molar-refractivity contribution in [1.29, 1.82) is 0 Å². The highest BCUT2D eigenvalue weighted by Crippen LogP contribution is 2.31. The van der Waals surface area contributed by atoms with Gasteiger partial charge in [0.1, 0.15) is 18.0 Å². The molecule has 2 heterocycles. The summed E-state index contributed by atoms with van der Waals surface area (Å²) in [6.45, 7) is 7.32. The zero-order chi connectivity index (χ0) is 21.9. The lowest BCUT2D eigenvalue weighted by molar-refractivity contribution is -0.120. The number of anilines is 1. The van der Waals surface area contributed by atoms with Gasteiger partial charge in [-0.3, -0.25) is 15.0 Å². The molecule has 0 aromatic heterocycles. The molecule has 162 valence electrons. The number of nitrogens with zero attached hydrogens (tertiary/aromatic N) is 2. The second kappa shape index (κ2) is 9.07. The minimum atomic E-state index is -0.514. The molecule has 0 saturated carbocycles. The van der Waals surface area contributed by atoms with Crippen molar-refractivity contribution in [2.45, 2.75) is 39.2 Å². The van der Waals surface area contributed by atoms with Gasteiger partial charge in [-0.05, 0) is 60.8 Å². The highest BCUT2D eigenvalue weighted by Gasteiger charge is 2.26. The molecule has 1 saturated heterocycles. The summed E-state index contributed by atoms with van der Waals surface area (Å²) in [6, 6.07) is 4.95. The number of halogens is 1. The number of ether oxygens (including phenoxy) is 2. The quantitative estimate of drug-likeness (QED) is 0.662. The molecule has 9 heteroatoms. The van der Waals surface area contributed by atoms with Crippen LogP contribution in [0.2, 0.25) is 0 Å². The van der Waals surface area contributed by atoms with Crippen LogP contribution in [0.25, 0.3) is 0 Å².